The lowest BCUT2D eigenvalue weighted by Gasteiger charge is -2.17. The minimum atomic E-state index is -5.08. The highest BCUT2D eigenvalue weighted by molar-refractivity contribution is 5.86. The van der Waals surface area contributed by atoms with Gasteiger partial charge in [-0.25, -0.2) is 9.59 Å². The van der Waals surface area contributed by atoms with E-state index in [2.05, 4.69) is 17.6 Å². The minimum absolute atomic E-state index is 0.207. The fraction of sp³-hybridized carbons (Fsp3) is 0.250. The molecule has 25 heavy (non-hydrogen) atoms. The van der Waals surface area contributed by atoms with Crippen LogP contribution in [-0.4, -0.2) is 51.8 Å². The second kappa shape index (κ2) is 8.34. The lowest BCUT2D eigenvalue weighted by Crippen LogP contribution is -2.23. The number of fused-ring (bicyclic) bond motifs is 1. The molecule has 0 saturated carbocycles. The van der Waals surface area contributed by atoms with E-state index in [1.165, 1.54) is 10.9 Å². The molecule has 0 fully saturated rings. The standard InChI is InChI=1S/C14H16N2O2.C2HF3O2/c1-10(14(17)18)8-16(2)9-11-4-3-5-13-12(11)6-7-15-13;3-2(4,5)1(6)7/h3-7,15H,1,8-9H2,2H3,(H,17,18);(H,6,7). The summed E-state index contributed by atoms with van der Waals surface area (Å²) in [5.74, 6) is -3.70. The number of likely N-dealkylation sites (N-methyl/N-ethyl adjacent to an activating group) is 1. The summed E-state index contributed by atoms with van der Waals surface area (Å²) in [5, 5.41) is 17.1. The molecule has 0 spiro atoms. The number of halogens is 3. The third-order valence-electron chi connectivity index (χ3n) is 3.13. The van der Waals surface area contributed by atoms with Crippen molar-refractivity contribution in [1.82, 2.24) is 9.88 Å². The molecule has 1 aromatic heterocycles. The Balaban J connectivity index is 0.000000381. The van der Waals surface area contributed by atoms with E-state index in [9.17, 15) is 18.0 Å². The number of aliphatic carboxylic acids is 2. The summed E-state index contributed by atoms with van der Waals surface area (Å²) < 4.78 is 31.7. The van der Waals surface area contributed by atoms with Crippen molar-refractivity contribution in [3.63, 3.8) is 0 Å². The number of H-pyrrole nitrogens is 1. The van der Waals surface area contributed by atoms with E-state index in [4.69, 9.17) is 15.0 Å². The summed E-state index contributed by atoms with van der Waals surface area (Å²) in [4.78, 5) is 24.7. The maximum Gasteiger partial charge on any atom is 0.490 e. The number of nitrogens with one attached hydrogen (secondary N) is 1. The molecule has 3 N–H and O–H groups in total. The van der Waals surface area contributed by atoms with Gasteiger partial charge in [-0.1, -0.05) is 18.7 Å². The molecular formula is C16H17F3N2O4. The first kappa shape index (κ1) is 20.2. The average Bonchev–Trinajstić information content (AvgIpc) is 2.96. The van der Waals surface area contributed by atoms with E-state index in [1.807, 2.05) is 36.3 Å². The Morgan fingerprint density at radius 1 is 1.24 bits per heavy atom. The largest absolute Gasteiger partial charge is 0.490 e. The Morgan fingerprint density at radius 2 is 1.84 bits per heavy atom. The molecule has 2 rings (SSSR count). The zero-order valence-corrected chi connectivity index (χ0v) is 13.3. The molecular weight excluding hydrogens is 341 g/mol. The van der Waals surface area contributed by atoms with Gasteiger partial charge < -0.3 is 15.2 Å². The topological polar surface area (TPSA) is 93.6 Å². The summed E-state index contributed by atoms with van der Waals surface area (Å²) >= 11 is 0. The van der Waals surface area contributed by atoms with Crippen LogP contribution in [0.2, 0.25) is 0 Å². The van der Waals surface area contributed by atoms with Gasteiger partial charge in [0.25, 0.3) is 0 Å². The molecule has 136 valence electrons. The number of carboxylic acids is 2. The number of alkyl halides is 3. The molecule has 0 aliphatic rings. The van der Waals surface area contributed by atoms with Gasteiger partial charge in [0.15, 0.2) is 0 Å². The number of hydrogen-bond acceptors (Lipinski definition) is 3. The zero-order chi connectivity index (χ0) is 19.2. The number of hydrogen-bond donors (Lipinski definition) is 3. The molecule has 6 nitrogen and oxygen atoms in total. The van der Waals surface area contributed by atoms with E-state index in [0.717, 1.165) is 5.52 Å². The van der Waals surface area contributed by atoms with Crippen molar-refractivity contribution in [2.24, 2.45) is 0 Å². The molecule has 0 amide bonds. The van der Waals surface area contributed by atoms with Gasteiger partial charge in [0.1, 0.15) is 0 Å². The maximum atomic E-state index is 10.7. The van der Waals surface area contributed by atoms with Gasteiger partial charge in [-0.3, -0.25) is 4.90 Å². The summed E-state index contributed by atoms with van der Waals surface area (Å²) in [6, 6.07) is 8.10. The summed E-state index contributed by atoms with van der Waals surface area (Å²) in [5.41, 5.74) is 2.48. The van der Waals surface area contributed by atoms with Crippen LogP contribution in [0.3, 0.4) is 0 Å². The second-order valence-corrected chi connectivity index (χ2v) is 5.24. The van der Waals surface area contributed by atoms with Crippen molar-refractivity contribution >= 4 is 22.8 Å². The Morgan fingerprint density at radius 3 is 2.36 bits per heavy atom. The van der Waals surface area contributed by atoms with Crippen LogP contribution in [0.25, 0.3) is 10.9 Å². The fourth-order valence-electron chi connectivity index (χ4n) is 2.03. The molecule has 0 unspecified atom stereocenters. The van der Waals surface area contributed by atoms with Crippen molar-refractivity contribution in [3.8, 4) is 0 Å². The Bertz CT molecular complexity index is 768. The first-order valence-corrected chi connectivity index (χ1v) is 6.97. The van der Waals surface area contributed by atoms with Gasteiger partial charge in [0.2, 0.25) is 0 Å². The van der Waals surface area contributed by atoms with Crippen LogP contribution in [0, 0.1) is 0 Å². The third-order valence-corrected chi connectivity index (χ3v) is 3.13. The number of benzene rings is 1. The van der Waals surface area contributed by atoms with Gasteiger partial charge >= 0.3 is 18.1 Å². The van der Waals surface area contributed by atoms with Crippen molar-refractivity contribution in [3.05, 3.63) is 48.2 Å². The molecule has 0 atom stereocenters. The molecule has 0 aliphatic carbocycles. The quantitative estimate of drug-likeness (QED) is 0.715. The molecule has 1 aromatic carbocycles. The van der Waals surface area contributed by atoms with Crippen LogP contribution in [-0.2, 0) is 16.1 Å². The van der Waals surface area contributed by atoms with E-state index in [-0.39, 0.29) is 5.57 Å². The van der Waals surface area contributed by atoms with Crippen LogP contribution in [0.4, 0.5) is 13.2 Å². The lowest BCUT2D eigenvalue weighted by molar-refractivity contribution is -0.192. The van der Waals surface area contributed by atoms with Gasteiger partial charge in [0, 0.05) is 35.8 Å². The molecule has 2 aromatic rings. The van der Waals surface area contributed by atoms with Gasteiger partial charge in [-0.15, -0.1) is 0 Å². The molecule has 0 saturated heterocycles. The summed E-state index contributed by atoms with van der Waals surface area (Å²) in [7, 11) is 1.89. The number of carbonyl (C=O) groups is 2. The second-order valence-electron chi connectivity index (χ2n) is 5.24. The van der Waals surface area contributed by atoms with Gasteiger partial charge in [-0.2, -0.15) is 13.2 Å². The molecule has 9 heteroatoms. The van der Waals surface area contributed by atoms with Crippen molar-refractivity contribution in [2.45, 2.75) is 12.7 Å². The van der Waals surface area contributed by atoms with Gasteiger partial charge in [0.05, 0.1) is 0 Å². The van der Waals surface area contributed by atoms with Crippen molar-refractivity contribution in [1.29, 1.82) is 0 Å². The first-order valence-electron chi connectivity index (χ1n) is 6.97. The zero-order valence-electron chi connectivity index (χ0n) is 13.3. The predicted octanol–water partition coefficient (Wildman–Crippen LogP) is 2.87. The smallest absolute Gasteiger partial charge is 0.478 e. The monoisotopic (exact) mass is 358 g/mol. The highest BCUT2D eigenvalue weighted by Gasteiger charge is 2.38. The first-order chi connectivity index (χ1) is 11.5. The normalized spacial score (nSPS) is 11.1. The van der Waals surface area contributed by atoms with Crippen LogP contribution < -0.4 is 0 Å². The highest BCUT2D eigenvalue weighted by atomic mass is 19.4. The minimum Gasteiger partial charge on any atom is -0.478 e. The summed E-state index contributed by atoms with van der Waals surface area (Å²) in [6.07, 6.45) is -3.18. The number of aromatic nitrogens is 1. The van der Waals surface area contributed by atoms with E-state index >= 15 is 0 Å². The lowest BCUT2D eigenvalue weighted by atomic mass is 10.1. The molecule has 1 heterocycles. The fourth-order valence-corrected chi connectivity index (χ4v) is 2.03. The Labute approximate surface area is 141 Å². The number of rotatable bonds is 5. The van der Waals surface area contributed by atoms with E-state index in [0.29, 0.717) is 13.1 Å². The number of aromatic amines is 1. The third kappa shape index (κ3) is 6.30. The average molecular weight is 358 g/mol. The highest BCUT2D eigenvalue weighted by Crippen LogP contribution is 2.18. The van der Waals surface area contributed by atoms with Crippen LogP contribution >= 0.6 is 0 Å². The predicted molar refractivity (Wildman–Crippen MR) is 85.1 cm³/mol. The summed E-state index contributed by atoms with van der Waals surface area (Å²) in [6.45, 7) is 4.59. The van der Waals surface area contributed by atoms with E-state index in [1.54, 1.807) is 0 Å². The van der Waals surface area contributed by atoms with Crippen LogP contribution in [0.1, 0.15) is 5.56 Å². The SMILES string of the molecule is C=C(CN(C)Cc1cccc2[nH]ccc12)C(=O)O.O=C(O)C(F)(F)F. The molecule has 0 bridgehead atoms. The number of nitrogens with zero attached hydrogens (tertiary/aromatic N) is 1. The molecule has 0 radical (unpaired) electrons. The number of carboxylic acid groups (broad SMARTS) is 2. The van der Waals surface area contributed by atoms with Crippen molar-refractivity contribution in [2.75, 3.05) is 13.6 Å². The van der Waals surface area contributed by atoms with Crippen LogP contribution in [0.5, 0.6) is 0 Å². The van der Waals surface area contributed by atoms with Crippen LogP contribution in [0.15, 0.2) is 42.6 Å². The van der Waals surface area contributed by atoms with Crippen molar-refractivity contribution < 1.29 is 33.0 Å². The Hall–Kier alpha value is -2.81. The van der Waals surface area contributed by atoms with E-state index < -0.39 is 18.1 Å². The Kier molecular flexibility index (Phi) is 6.75. The maximum absolute atomic E-state index is 10.7. The van der Waals surface area contributed by atoms with Gasteiger partial charge in [-0.05, 0) is 24.7 Å². The molecule has 0 aliphatic heterocycles.